The van der Waals surface area contributed by atoms with E-state index in [2.05, 4.69) is 334 Å². The van der Waals surface area contributed by atoms with Gasteiger partial charge < -0.3 is 9.13 Å². The van der Waals surface area contributed by atoms with Crippen LogP contribution in [0.2, 0.25) is 0 Å². The van der Waals surface area contributed by atoms with Crippen LogP contribution in [-0.4, -0.2) is 48.2 Å². The Bertz CT molecular complexity index is 6760. The van der Waals surface area contributed by atoms with Crippen molar-refractivity contribution in [2.24, 2.45) is 0 Å². The van der Waals surface area contributed by atoms with Crippen LogP contribution < -0.4 is 0 Å². The topological polar surface area (TPSA) is 97.1 Å². The van der Waals surface area contributed by atoms with Crippen LogP contribution in [0.4, 0.5) is 0 Å². The molecule has 22 aromatic rings. The van der Waals surface area contributed by atoms with E-state index >= 15 is 0 Å². The van der Waals surface area contributed by atoms with Gasteiger partial charge in [-0.05, 0) is 145 Å². The van der Waals surface area contributed by atoms with E-state index in [9.17, 15) is 0 Å². The number of hydrogen-bond donors (Lipinski definition) is 0. The summed E-state index contributed by atoms with van der Waals surface area (Å²) >= 11 is 0. The second-order valence-electron chi connectivity index (χ2n) is 28.2. The molecule has 0 spiro atoms. The Morgan fingerprint density at radius 1 is 0.161 bits per heavy atom. The minimum absolute atomic E-state index is 0.686. The first kappa shape index (κ1) is 65.1. The fraction of sp³-hybridized carbons (Fsp3) is 0. The van der Waals surface area contributed by atoms with Gasteiger partial charge in [0.15, 0.2) is 11.6 Å². The van der Waals surface area contributed by atoms with Crippen molar-refractivity contribution in [3.8, 4) is 113 Å². The summed E-state index contributed by atoms with van der Waals surface area (Å²) in [6.45, 7) is 0. The first-order valence-electron chi connectivity index (χ1n) is 37.7. The molecule has 8 heterocycles. The zero-order valence-corrected chi connectivity index (χ0v) is 60.6. The summed E-state index contributed by atoms with van der Waals surface area (Å²) in [5.41, 5.74) is 27.3. The summed E-state index contributed by atoms with van der Waals surface area (Å²) in [5.74, 6) is 1.39. The Labute approximate surface area is 645 Å². The molecule has 8 aromatic heterocycles. The van der Waals surface area contributed by atoms with Crippen molar-refractivity contribution >= 4 is 87.5 Å². The lowest BCUT2D eigenvalue weighted by Crippen LogP contribution is -1.98. The molecule has 0 saturated carbocycles. The van der Waals surface area contributed by atoms with Crippen LogP contribution in [0, 0.1) is 0 Å². The number of aromatic nitrogens is 10. The van der Waals surface area contributed by atoms with Gasteiger partial charge in [0.2, 0.25) is 0 Å². The Balaban J connectivity index is 0.000000141. The van der Waals surface area contributed by atoms with Crippen molar-refractivity contribution in [1.29, 1.82) is 0 Å². The second-order valence-corrected chi connectivity index (χ2v) is 28.2. The van der Waals surface area contributed by atoms with Crippen molar-refractivity contribution < 1.29 is 0 Å². The number of para-hydroxylation sites is 6. The van der Waals surface area contributed by atoms with E-state index in [-0.39, 0.29) is 0 Å². The maximum absolute atomic E-state index is 5.17. The van der Waals surface area contributed by atoms with Crippen molar-refractivity contribution in [2.75, 3.05) is 0 Å². The van der Waals surface area contributed by atoms with E-state index in [4.69, 9.17) is 29.9 Å². The quantitative estimate of drug-likeness (QED) is 0.121. The van der Waals surface area contributed by atoms with E-state index in [1.807, 2.05) is 85.2 Å². The molecule has 524 valence electrons. The van der Waals surface area contributed by atoms with Crippen molar-refractivity contribution in [3.63, 3.8) is 0 Å². The number of pyridine rings is 2. The summed E-state index contributed by atoms with van der Waals surface area (Å²) < 4.78 is 9.22. The smallest absolute Gasteiger partial charge is 0.160 e. The average Bonchev–Trinajstić information content (AvgIpc) is 1.59. The standard InChI is InChI=1S/2C51H33N5/c1-4-14-34(15-5-1)45-32-46(54-50(53-45)36-16-6-2-7-17-36)35-24-27-40(28-25-35)56-48-23-13-11-21-42(48)44-31-38(33-52-51(44)56)37-26-29-49-43(30-37)41-20-10-12-22-47(41)55(49)39-18-8-3-9-19-39;1-4-14-34(15-5-1)45-32-46(35-16-6-2-7-17-35)54-50(53-45)36-24-27-40(28-25-36)56-48-23-13-11-21-42(48)44-31-38(33-52-51(44)56)37-26-29-49-43(30-37)41-20-10-12-22-47(41)55(49)39-18-8-3-9-19-39/h2*1-33H. The number of rotatable bonds is 12. The summed E-state index contributed by atoms with van der Waals surface area (Å²) in [5, 5.41) is 9.46. The summed E-state index contributed by atoms with van der Waals surface area (Å²) in [7, 11) is 0. The Kier molecular flexibility index (Phi) is 16.0. The third kappa shape index (κ3) is 11.5. The van der Waals surface area contributed by atoms with E-state index < -0.39 is 0 Å². The van der Waals surface area contributed by atoms with Gasteiger partial charge in [0.05, 0.1) is 55.9 Å². The molecule has 0 aliphatic carbocycles. The zero-order valence-electron chi connectivity index (χ0n) is 60.6. The Hall–Kier alpha value is -15.3. The summed E-state index contributed by atoms with van der Waals surface area (Å²) in [6.07, 6.45) is 4.03. The minimum Gasteiger partial charge on any atom is -0.309 e. The zero-order chi connectivity index (χ0) is 74.0. The second kappa shape index (κ2) is 27.5. The lowest BCUT2D eigenvalue weighted by molar-refractivity contribution is 1.13. The van der Waals surface area contributed by atoms with Crippen LogP contribution in [0.5, 0.6) is 0 Å². The normalized spacial score (nSPS) is 11.6. The molecular weight excluding hydrogens is 1370 g/mol. The fourth-order valence-electron chi connectivity index (χ4n) is 16.2. The highest BCUT2D eigenvalue weighted by atomic mass is 15.1. The number of benzene rings is 14. The van der Waals surface area contributed by atoms with Gasteiger partial charge in [0, 0.05) is 123 Å². The molecule has 14 aromatic carbocycles. The van der Waals surface area contributed by atoms with Gasteiger partial charge in [-0.1, -0.05) is 255 Å². The SMILES string of the molecule is c1ccc(-c2cc(-c3ccc(-n4c5ccccc5c5cc(-c6ccc7c(c6)c6ccccc6n7-c6ccccc6)cnc54)cc3)nc(-c3ccccc3)n2)cc1.c1ccc(-c2cc(-c3ccccc3)nc(-c3ccc(-n4c5ccccc5c5cc(-c6ccc7c(c6)c6ccccc6n7-c6ccccc6)cnc54)cc3)n2)cc1. The highest BCUT2D eigenvalue weighted by molar-refractivity contribution is 6.14. The van der Waals surface area contributed by atoms with Gasteiger partial charge in [-0.2, -0.15) is 0 Å². The van der Waals surface area contributed by atoms with Gasteiger partial charge in [0.25, 0.3) is 0 Å². The molecule has 0 bridgehead atoms. The van der Waals surface area contributed by atoms with Crippen LogP contribution in [0.1, 0.15) is 0 Å². The molecule has 0 saturated heterocycles. The van der Waals surface area contributed by atoms with Crippen molar-refractivity contribution in [2.45, 2.75) is 0 Å². The molecule has 10 nitrogen and oxygen atoms in total. The maximum atomic E-state index is 5.17. The number of hydrogen-bond acceptors (Lipinski definition) is 6. The fourth-order valence-corrected chi connectivity index (χ4v) is 16.2. The molecule has 0 aliphatic rings. The molecule has 0 radical (unpaired) electrons. The Morgan fingerprint density at radius 2 is 0.411 bits per heavy atom. The Morgan fingerprint density at radius 3 is 0.777 bits per heavy atom. The number of fused-ring (bicyclic) bond motifs is 12. The monoisotopic (exact) mass is 1430 g/mol. The molecule has 22 rings (SSSR count). The largest absolute Gasteiger partial charge is 0.309 e. The van der Waals surface area contributed by atoms with E-state index in [0.29, 0.717) is 11.6 Å². The molecule has 0 atom stereocenters. The lowest BCUT2D eigenvalue weighted by atomic mass is 10.0. The molecule has 0 unspecified atom stereocenters. The third-order valence-corrected chi connectivity index (χ3v) is 21.6. The number of nitrogens with zero attached hydrogens (tertiary/aromatic N) is 10. The molecule has 0 N–H and O–H groups in total. The van der Waals surface area contributed by atoms with E-state index in [0.717, 1.165) is 140 Å². The van der Waals surface area contributed by atoms with Gasteiger partial charge in [-0.15, -0.1) is 0 Å². The van der Waals surface area contributed by atoms with Crippen LogP contribution >= 0.6 is 0 Å². The predicted octanol–water partition coefficient (Wildman–Crippen LogP) is 25.5. The van der Waals surface area contributed by atoms with Crippen LogP contribution in [0.3, 0.4) is 0 Å². The molecular formula is C102H66N10. The van der Waals surface area contributed by atoms with Crippen molar-refractivity contribution in [3.05, 3.63) is 401 Å². The first-order valence-corrected chi connectivity index (χ1v) is 37.7. The van der Waals surface area contributed by atoms with E-state index in [1.165, 1.54) is 49.0 Å². The van der Waals surface area contributed by atoms with Gasteiger partial charge >= 0.3 is 0 Å². The minimum atomic E-state index is 0.686. The van der Waals surface area contributed by atoms with Crippen LogP contribution in [0.15, 0.2) is 401 Å². The average molecular weight is 1430 g/mol. The maximum Gasteiger partial charge on any atom is 0.160 e. The van der Waals surface area contributed by atoms with Gasteiger partial charge in [-0.25, -0.2) is 29.9 Å². The van der Waals surface area contributed by atoms with Crippen molar-refractivity contribution in [1.82, 2.24) is 48.2 Å². The highest BCUT2D eigenvalue weighted by Crippen LogP contribution is 2.42. The summed E-state index contributed by atoms with van der Waals surface area (Å²) in [4.78, 5) is 30.5. The third-order valence-electron chi connectivity index (χ3n) is 21.6. The molecule has 10 heteroatoms. The molecule has 112 heavy (non-hydrogen) atoms. The highest BCUT2D eigenvalue weighted by Gasteiger charge is 2.22. The van der Waals surface area contributed by atoms with Crippen LogP contribution in [0.25, 0.3) is 200 Å². The van der Waals surface area contributed by atoms with E-state index in [1.54, 1.807) is 0 Å². The predicted molar refractivity (Wildman–Crippen MR) is 460 cm³/mol. The molecule has 0 fully saturated rings. The van der Waals surface area contributed by atoms with Crippen LogP contribution in [-0.2, 0) is 0 Å². The summed E-state index contributed by atoms with van der Waals surface area (Å²) in [6, 6.07) is 136. The molecule has 0 aliphatic heterocycles. The van der Waals surface area contributed by atoms with Gasteiger partial charge in [0.1, 0.15) is 11.3 Å². The van der Waals surface area contributed by atoms with Gasteiger partial charge in [-0.3, -0.25) is 9.13 Å². The lowest BCUT2D eigenvalue weighted by Gasteiger charge is -2.11. The first-order chi connectivity index (χ1) is 55.5. The molecule has 0 amide bonds.